The number of amides is 1. The number of carbonyl (C=O) groups excluding carboxylic acids is 1. The molecule has 0 bridgehead atoms. The van der Waals surface area contributed by atoms with Gasteiger partial charge in [0, 0.05) is 17.3 Å². The van der Waals surface area contributed by atoms with Crippen molar-refractivity contribution >= 4 is 23.5 Å². The summed E-state index contributed by atoms with van der Waals surface area (Å²) >= 11 is 1.33. The van der Waals surface area contributed by atoms with Gasteiger partial charge < -0.3 is 5.32 Å². The molecule has 0 unspecified atom stereocenters. The van der Waals surface area contributed by atoms with Gasteiger partial charge in [-0.05, 0) is 12.1 Å². The molecule has 0 aliphatic rings. The van der Waals surface area contributed by atoms with Gasteiger partial charge in [-0.3, -0.25) is 14.5 Å². The van der Waals surface area contributed by atoms with Crippen LogP contribution in [0.2, 0.25) is 0 Å². The molecule has 0 atom stereocenters. The minimum atomic E-state index is -0.145. The number of thioether (sulfide) groups is 1. The molecule has 1 amide bonds. The molecule has 0 aliphatic heterocycles. The monoisotopic (exact) mass is 376 g/mol. The highest BCUT2D eigenvalue weighted by Gasteiger charge is 2.17. The number of H-pyrrole nitrogens is 1. The Hall–Kier alpha value is -3.39. The van der Waals surface area contributed by atoms with Crippen molar-refractivity contribution in [2.24, 2.45) is 0 Å². The van der Waals surface area contributed by atoms with Crippen LogP contribution in [-0.4, -0.2) is 36.6 Å². The summed E-state index contributed by atoms with van der Waals surface area (Å²) in [6.07, 6.45) is 1.58. The van der Waals surface area contributed by atoms with Crippen molar-refractivity contribution in [2.45, 2.75) is 5.16 Å². The van der Waals surface area contributed by atoms with Crippen molar-refractivity contribution in [1.29, 1.82) is 0 Å². The molecule has 2 heterocycles. The lowest BCUT2D eigenvalue weighted by molar-refractivity contribution is -0.113. The number of carbonyl (C=O) groups is 1. The second kappa shape index (κ2) is 7.88. The lowest BCUT2D eigenvalue weighted by atomic mass is 10.2. The Morgan fingerprint density at radius 2 is 1.74 bits per heavy atom. The van der Waals surface area contributed by atoms with Crippen LogP contribution < -0.4 is 5.32 Å². The van der Waals surface area contributed by atoms with E-state index in [1.54, 1.807) is 12.3 Å². The van der Waals surface area contributed by atoms with E-state index in [1.807, 2.05) is 65.2 Å². The van der Waals surface area contributed by atoms with Crippen molar-refractivity contribution in [3.8, 4) is 17.1 Å². The maximum atomic E-state index is 12.2. The molecule has 2 aromatic heterocycles. The zero-order valence-corrected chi connectivity index (χ0v) is 15.1. The largest absolute Gasteiger partial charge is 0.310 e. The third-order valence-electron chi connectivity index (χ3n) is 3.79. The summed E-state index contributed by atoms with van der Waals surface area (Å²) in [5, 5.41) is 18.6. The number of anilines is 1. The third-order valence-corrected chi connectivity index (χ3v) is 4.72. The third kappa shape index (κ3) is 3.90. The van der Waals surface area contributed by atoms with Gasteiger partial charge in [-0.15, -0.1) is 10.2 Å². The number of hydrogen-bond acceptors (Lipinski definition) is 5. The maximum Gasteiger partial charge on any atom is 0.235 e. The number of benzene rings is 2. The Kier molecular flexibility index (Phi) is 4.97. The van der Waals surface area contributed by atoms with Crippen molar-refractivity contribution < 1.29 is 4.79 Å². The van der Waals surface area contributed by atoms with Crippen LogP contribution in [0.1, 0.15) is 0 Å². The first-order valence-electron chi connectivity index (χ1n) is 8.29. The van der Waals surface area contributed by atoms with Crippen LogP contribution in [0.15, 0.2) is 78.1 Å². The zero-order chi connectivity index (χ0) is 18.5. The molecule has 4 rings (SSSR count). The Balaban J connectivity index is 1.61. The van der Waals surface area contributed by atoms with E-state index in [-0.39, 0.29) is 11.7 Å². The molecule has 0 radical (unpaired) electrons. The Labute approximate surface area is 159 Å². The van der Waals surface area contributed by atoms with Gasteiger partial charge in [0.05, 0.1) is 11.9 Å². The number of aromatic nitrogens is 5. The smallest absolute Gasteiger partial charge is 0.235 e. The molecule has 134 valence electrons. The van der Waals surface area contributed by atoms with Crippen LogP contribution in [0, 0.1) is 0 Å². The number of rotatable bonds is 6. The van der Waals surface area contributed by atoms with E-state index >= 15 is 0 Å². The first-order chi connectivity index (χ1) is 13.3. The average molecular weight is 376 g/mol. The molecule has 2 aromatic carbocycles. The minimum absolute atomic E-state index is 0.145. The fourth-order valence-corrected chi connectivity index (χ4v) is 3.34. The van der Waals surface area contributed by atoms with Gasteiger partial charge in [0.15, 0.2) is 11.0 Å². The molecule has 8 heteroatoms. The van der Waals surface area contributed by atoms with Crippen molar-refractivity contribution in [3.63, 3.8) is 0 Å². The SMILES string of the molecule is O=C(CSc1nnc(-c2ccccc2)n1-c1ccccc1)Nc1ccn[nH]1. The van der Waals surface area contributed by atoms with E-state index in [2.05, 4.69) is 25.7 Å². The molecule has 0 saturated carbocycles. The van der Waals surface area contributed by atoms with Crippen LogP contribution in [0.5, 0.6) is 0 Å². The first kappa shape index (κ1) is 17.0. The molecular formula is C19H16N6OS. The van der Waals surface area contributed by atoms with Crippen LogP contribution >= 0.6 is 11.8 Å². The molecule has 2 N–H and O–H groups in total. The molecule has 0 aliphatic carbocycles. The van der Waals surface area contributed by atoms with Crippen LogP contribution in [-0.2, 0) is 4.79 Å². The van der Waals surface area contributed by atoms with Gasteiger partial charge in [-0.1, -0.05) is 60.3 Å². The van der Waals surface area contributed by atoms with Gasteiger partial charge in [-0.25, -0.2) is 0 Å². The normalized spacial score (nSPS) is 10.7. The van der Waals surface area contributed by atoms with E-state index in [0.29, 0.717) is 11.0 Å². The Bertz CT molecular complexity index is 1020. The lowest BCUT2D eigenvalue weighted by Crippen LogP contribution is -2.14. The van der Waals surface area contributed by atoms with Gasteiger partial charge in [0.2, 0.25) is 5.91 Å². The number of aromatic amines is 1. The average Bonchev–Trinajstić information content (AvgIpc) is 3.37. The molecule has 4 aromatic rings. The van der Waals surface area contributed by atoms with Crippen LogP contribution in [0.25, 0.3) is 17.1 Å². The first-order valence-corrected chi connectivity index (χ1v) is 9.28. The number of hydrogen-bond donors (Lipinski definition) is 2. The standard InChI is InChI=1S/C19H16N6OS/c26-17(21-16-11-12-20-22-16)13-27-19-24-23-18(14-7-3-1-4-8-14)25(19)15-9-5-2-6-10-15/h1-12H,13H2,(H2,20,21,22,26). The number of nitrogens with one attached hydrogen (secondary N) is 2. The maximum absolute atomic E-state index is 12.2. The van der Waals surface area contributed by atoms with E-state index in [9.17, 15) is 4.79 Å². The van der Waals surface area contributed by atoms with Crippen LogP contribution in [0.4, 0.5) is 5.82 Å². The van der Waals surface area contributed by atoms with Gasteiger partial charge in [0.25, 0.3) is 0 Å². The summed E-state index contributed by atoms with van der Waals surface area (Å²) in [5.74, 6) is 1.36. The summed E-state index contributed by atoms with van der Waals surface area (Å²) in [6.45, 7) is 0. The van der Waals surface area contributed by atoms with Gasteiger partial charge in [0.1, 0.15) is 5.82 Å². The van der Waals surface area contributed by atoms with Crippen molar-refractivity contribution in [2.75, 3.05) is 11.1 Å². The molecule has 0 saturated heterocycles. The van der Waals surface area contributed by atoms with E-state index in [4.69, 9.17) is 0 Å². The highest BCUT2D eigenvalue weighted by molar-refractivity contribution is 7.99. The number of para-hydroxylation sites is 1. The summed E-state index contributed by atoms with van der Waals surface area (Å²) in [6, 6.07) is 21.4. The second-order valence-electron chi connectivity index (χ2n) is 5.65. The summed E-state index contributed by atoms with van der Waals surface area (Å²) < 4.78 is 1.96. The molecule has 7 nitrogen and oxygen atoms in total. The lowest BCUT2D eigenvalue weighted by Gasteiger charge is -2.10. The molecule has 27 heavy (non-hydrogen) atoms. The topological polar surface area (TPSA) is 88.5 Å². The minimum Gasteiger partial charge on any atom is -0.310 e. The summed E-state index contributed by atoms with van der Waals surface area (Å²) in [7, 11) is 0. The second-order valence-corrected chi connectivity index (χ2v) is 6.59. The van der Waals surface area contributed by atoms with Crippen LogP contribution in [0.3, 0.4) is 0 Å². The molecular weight excluding hydrogens is 360 g/mol. The predicted octanol–water partition coefficient (Wildman–Crippen LogP) is 3.39. The Morgan fingerprint density at radius 1 is 1.00 bits per heavy atom. The summed E-state index contributed by atoms with van der Waals surface area (Å²) in [5.41, 5.74) is 1.90. The van der Waals surface area contributed by atoms with Crippen molar-refractivity contribution in [1.82, 2.24) is 25.0 Å². The fourth-order valence-electron chi connectivity index (χ4n) is 2.59. The van der Waals surface area contributed by atoms with Gasteiger partial charge >= 0.3 is 0 Å². The Morgan fingerprint density at radius 3 is 2.44 bits per heavy atom. The highest BCUT2D eigenvalue weighted by atomic mass is 32.2. The molecule has 0 fully saturated rings. The highest BCUT2D eigenvalue weighted by Crippen LogP contribution is 2.27. The van der Waals surface area contributed by atoms with E-state index in [1.165, 1.54) is 11.8 Å². The molecule has 0 spiro atoms. The summed E-state index contributed by atoms with van der Waals surface area (Å²) in [4.78, 5) is 12.2. The van der Waals surface area contributed by atoms with E-state index in [0.717, 1.165) is 17.1 Å². The predicted molar refractivity (Wildman–Crippen MR) is 105 cm³/mol. The van der Waals surface area contributed by atoms with E-state index < -0.39 is 0 Å². The van der Waals surface area contributed by atoms with Gasteiger partial charge in [-0.2, -0.15) is 5.10 Å². The zero-order valence-electron chi connectivity index (χ0n) is 14.2. The number of nitrogens with zero attached hydrogens (tertiary/aromatic N) is 4. The fraction of sp³-hybridized carbons (Fsp3) is 0.0526. The quantitative estimate of drug-likeness (QED) is 0.504. The van der Waals surface area contributed by atoms with Crippen molar-refractivity contribution in [3.05, 3.63) is 72.9 Å².